The molecule has 9 nitrogen and oxygen atoms in total. The number of piperidine rings is 1. The Bertz CT molecular complexity index is 1620. The minimum Gasteiger partial charge on any atom is -0.341 e. The Morgan fingerprint density at radius 3 is 2.54 bits per heavy atom. The molecule has 204 valence electrons. The van der Waals surface area contributed by atoms with Crippen LogP contribution in [0.15, 0.2) is 43.2 Å². The fourth-order valence-corrected chi connectivity index (χ4v) is 7.08. The predicted molar refractivity (Wildman–Crippen MR) is 144 cm³/mol. The maximum atomic E-state index is 15.9. The number of nitrogens with one attached hydrogen (secondary N) is 1. The third-order valence-corrected chi connectivity index (χ3v) is 9.25. The van der Waals surface area contributed by atoms with Crippen molar-refractivity contribution in [2.45, 2.75) is 37.5 Å². The van der Waals surface area contributed by atoms with E-state index in [1.54, 1.807) is 24.8 Å². The van der Waals surface area contributed by atoms with Gasteiger partial charge in [-0.3, -0.25) is 0 Å². The van der Waals surface area contributed by atoms with Crippen molar-refractivity contribution >= 4 is 26.8 Å². The van der Waals surface area contributed by atoms with Gasteiger partial charge in [-0.05, 0) is 50.8 Å². The SMILES string of the molecule is CN(c1ncc2c(n1)c(-c1cncnc1)cn2-c1c(F)ccc(CS(=O)(=O)CC2CC2)c1F)C1CCNCC1. The number of nitrogens with zero attached hydrogens (tertiary/aromatic N) is 6. The summed E-state index contributed by atoms with van der Waals surface area (Å²) in [7, 11) is -1.59. The van der Waals surface area contributed by atoms with Gasteiger partial charge in [-0.15, -0.1) is 0 Å². The molecule has 4 aromatic rings. The van der Waals surface area contributed by atoms with E-state index in [0.717, 1.165) is 44.8 Å². The highest BCUT2D eigenvalue weighted by atomic mass is 32.2. The van der Waals surface area contributed by atoms with E-state index in [-0.39, 0.29) is 29.0 Å². The van der Waals surface area contributed by atoms with E-state index < -0.39 is 27.2 Å². The normalized spacial score (nSPS) is 16.6. The average molecular weight is 554 g/mol. The lowest BCUT2D eigenvalue weighted by Gasteiger charge is -2.31. The smallest absolute Gasteiger partial charge is 0.225 e. The van der Waals surface area contributed by atoms with Gasteiger partial charge in [-0.25, -0.2) is 37.1 Å². The minimum absolute atomic E-state index is 0.0188. The molecule has 1 saturated heterocycles. The van der Waals surface area contributed by atoms with E-state index in [9.17, 15) is 8.42 Å². The van der Waals surface area contributed by atoms with Crippen molar-refractivity contribution in [1.82, 2.24) is 29.8 Å². The molecule has 0 atom stereocenters. The van der Waals surface area contributed by atoms with E-state index in [4.69, 9.17) is 4.98 Å². The maximum Gasteiger partial charge on any atom is 0.225 e. The second-order valence-corrected chi connectivity index (χ2v) is 12.5. The van der Waals surface area contributed by atoms with Crippen molar-refractivity contribution in [3.8, 4) is 16.8 Å². The number of hydrogen-bond donors (Lipinski definition) is 1. The molecule has 1 aliphatic heterocycles. The number of halogens is 2. The number of fused-ring (bicyclic) bond motifs is 1. The van der Waals surface area contributed by atoms with Crippen LogP contribution in [0.3, 0.4) is 0 Å². The number of hydrogen-bond acceptors (Lipinski definition) is 8. The quantitative estimate of drug-likeness (QED) is 0.352. The molecule has 1 aromatic carbocycles. The summed E-state index contributed by atoms with van der Waals surface area (Å²) in [5.41, 5.74) is 1.64. The molecule has 0 unspecified atom stereocenters. The Morgan fingerprint density at radius 1 is 1.08 bits per heavy atom. The van der Waals surface area contributed by atoms with Crippen molar-refractivity contribution in [3.05, 3.63) is 60.4 Å². The van der Waals surface area contributed by atoms with Crippen LogP contribution in [0.5, 0.6) is 0 Å². The molecule has 12 heteroatoms. The lowest BCUT2D eigenvalue weighted by molar-refractivity contribution is 0.440. The van der Waals surface area contributed by atoms with E-state index in [2.05, 4.69) is 20.3 Å². The zero-order chi connectivity index (χ0) is 27.1. The molecule has 3 aromatic heterocycles. The van der Waals surface area contributed by atoms with E-state index in [1.807, 2.05) is 11.9 Å². The first-order chi connectivity index (χ1) is 18.8. The Morgan fingerprint density at radius 2 is 1.82 bits per heavy atom. The molecule has 1 saturated carbocycles. The third kappa shape index (κ3) is 5.22. The van der Waals surface area contributed by atoms with Gasteiger partial charge >= 0.3 is 0 Å². The lowest BCUT2D eigenvalue weighted by atomic mass is 10.1. The Hall–Kier alpha value is -3.51. The molecule has 39 heavy (non-hydrogen) atoms. The molecule has 0 spiro atoms. The molecule has 6 rings (SSSR count). The first kappa shape index (κ1) is 25.8. The first-order valence-electron chi connectivity index (χ1n) is 13.1. The molecule has 1 aliphatic carbocycles. The molecular formula is C27H29F2N7O2S. The molecule has 4 heterocycles. The lowest BCUT2D eigenvalue weighted by Crippen LogP contribution is -2.41. The number of aromatic nitrogens is 5. The average Bonchev–Trinajstić information content (AvgIpc) is 3.67. The zero-order valence-electron chi connectivity index (χ0n) is 21.5. The number of anilines is 1. The highest BCUT2D eigenvalue weighted by molar-refractivity contribution is 7.90. The van der Waals surface area contributed by atoms with Gasteiger partial charge in [0, 0.05) is 48.4 Å². The number of rotatable bonds is 8. The Labute approximate surface area is 225 Å². The van der Waals surface area contributed by atoms with E-state index in [0.29, 0.717) is 28.1 Å². The number of sulfone groups is 1. The second kappa shape index (κ2) is 10.2. The summed E-state index contributed by atoms with van der Waals surface area (Å²) in [6, 6.07) is 2.58. The summed E-state index contributed by atoms with van der Waals surface area (Å²) in [4.78, 5) is 19.6. The van der Waals surface area contributed by atoms with Crippen LogP contribution < -0.4 is 10.2 Å². The molecule has 2 fully saturated rings. The van der Waals surface area contributed by atoms with Crippen LogP contribution in [0.2, 0.25) is 0 Å². The Balaban J connectivity index is 1.47. The molecule has 0 radical (unpaired) electrons. The standard InChI is InChI=1S/C27H29F2N7O2S/c1-35(20-6-8-30-9-7-20)27-33-12-23-25(34-27)21(19-10-31-16-32-11-19)13-36(23)26-22(28)5-4-18(24(26)29)15-39(37,38)14-17-2-3-17/h4-5,10-13,16-17,20,30H,2-3,6-9,14-15H2,1H3. The monoisotopic (exact) mass is 553 g/mol. The van der Waals surface area contributed by atoms with E-state index >= 15 is 8.78 Å². The van der Waals surface area contributed by atoms with Gasteiger partial charge in [-0.2, -0.15) is 0 Å². The molecular weight excluding hydrogens is 524 g/mol. The first-order valence-corrected chi connectivity index (χ1v) is 14.9. The van der Waals surface area contributed by atoms with Gasteiger partial charge in [0.1, 0.15) is 23.3 Å². The highest BCUT2D eigenvalue weighted by Gasteiger charge is 2.30. The van der Waals surface area contributed by atoms with Crippen LogP contribution in [0, 0.1) is 17.6 Å². The van der Waals surface area contributed by atoms with Crippen molar-refractivity contribution < 1.29 is 17.2 Å². The second-order valence-electron chi connectivity index (χ2n) is 10.4. The van der Waals surface area contributed by atoms with Crippen molar-refractivity contribution in [3.63, 3.8) is 0 Å². The van der Waals surface area contributed by atoms with Crippen LogP contribution in [-0.4, -0.2) is 64.9 Å². The Kier molecular flexibility index (Phi) is 6.76. The van der Waals surface area contributed by atoms with Crippen molar-refractivity contribution in [1.29, 1.82) is 0 Å². The summed E-state index contributed by atoms with van der Waals surface area (Å²) in [5, 5.41) is 3.35. The predicted octanol–water partition coefficient (Wildman–Crippen LogP) is 3.67. The fraction of sp³-hybridized carbons (Fsp3) is 0.407. The van der Waals surface area contributed by atoms with Crippen LogP contribution >= 0.6 is 0 Å². The van der Waals surface area contributed by atoms with Gasteiger partial charge in [0.25, 0.3) is 0 Å². The summed E-state index contributed by atoms with van der Waals surface area (Å²) < 4.78 is 57.8. The van der Waals surface area contributed by atoms with Crippen LogP contribution in [-0.2, 0) is 15.6 Å². The fourth-order valence-electron chi connectivity index (χ4n) is 5.22. The van der Waals surface area contributed by atoms with Gasteiger partial charge < -0.3 is 14.8 Å². The summed E-state index contributed by atoms with van der Waals surface area (Å²) in [6.45, 7) is 1.82. The summed E-state index contributed by atoms with van der Waals surface area (Å²) >= 11 is 0. The van der Waals surface area contributed by atoms with Gasteiger partial charge in [-0.1, -0.05) is 6.07 Å². The summed E-state index contributed by atoms with van der Waals surface area (Å²) in [5.74, 6) is -1.56. The van der Waals surface area contributed by atoms with Crippen LogP contribution in [0.4, 0.5) is 14.7 Å². The van der Waals surface area contributed by atoms with Crippen LogP contribution in [0.25, 0.3) is 27.8 Å². The van der Waals surface area contributed by atoms with Gasteiger partial charge in [0.15, 0.2) is 15.7 Å². The topological polar surface area (TPSA) is 106 Å². The zero-order valence-corrected chi connectivity index (χ0v) is 22.3. The van der Waals surface area contributed by atoms with Crippen molar-refractivity contribution in [2.75, 3.05) is 30.8 Å². The molecule has 0 bridgehead atoms. The minimum atomic E-state index is -3.53. The molecule has 1 N–H and O–H groups in total. The number of benzene rings is 1. The summed E-state index contributed by atoms with van der Waals surface area (Å²) in [6.07, 6.45) is 11.4. The molecule has 2 aliphatic rings. The highest BCUT2D eigenvalue weighted by Crippen LogP contribution is 2.35. The largest absolute Gasteiger partial charge is 0.341 e. The van der Waals surface area contributed by atoms with Gasteiger partial charge in [0.05, 0.1) is 23.2 Å². The van der Waals surface area contributed by atoms with E-state index in [1.165, 1.54) is 17.0 Å². The molecule has 0 amide bonds. The van der Waals surface area contributed by atoms with Crippen LogP contribution in [0.1, 0.15) is 31.2 Å². The van der Waals surface area contributed by atoms with Gasteiger partial charge in [0.2, 0.25) is 5.95 Å². The van der Waals surface area contributed by atoms with Crippen molar-refractivity contribution in [2.24, 2.45) is 5.92 Å². The maximum absolute atomic E-state index is 15.9. The third-order valence-electron chi connectivity index (χ3n) is 7.52.